The Bertz CT molecular complexity index is 228. The van der Waals surface area contributed by atoms with Crippen LogP contribution in [0, 0.1) is 5.92 Å². The third-order valence-corrected chi connectivity index (χ3v) is 2.42. The molecule has 1 atom stereocenters. The van der Waals surface area contributed by atoms with E-state index in [0.717, 1.165) is 6.42 Å². The van der Waals surface area contributed by atoms with Crippen molar-refractivity contribution in [3.05, 3.63) is 0 Å². The van der Waals surface area contributed by atoms with E-state index in [0.29, 0.717) is 26.1 Å². The molecule has 0 aliphatic carbocycles. The lowest BCUT2D eigenvalue weighted by Crippen LogP contribution is -2.46. The van der Waals surface area contributed by atoms with Gasteiger partial charge in [0, 0.05) is 19.6 Å². The van der Waals surface area contributed by atoms with Crippen LogP contribution in [0.5, 0.6) is 0 Å². The number of methoxy groups -OCH3 is 1. The fourth-order valence-corrected chi connectivity index (χ4v) is 1.68. The monoisotopic (exact) mass is 200 g/mol. The highest BCUT2D eigenvalue weighted by atomic mass is 16.5. The summed E-state index contributed by atoms with van der Waals surface area (Å²) >= 11 is 0. The first-order valence-corrected chi connectivity index (χ1v) is 4.77. The first-order chi connectivity index (χ1) is 6.70. The summed E-state index contributed by atoms with van der Waals surface area (Å²) < 4.78 is 4.57. The molecule has 1 aliphatic rings. The van der Waals surface area contributed by atoms with Gasteiger partial charge in [-0.1, -0.05) is 0 Å². The molecule has 1 unspecified atom stereocenters. The molecule has 0 spiro atoms. The summed E-state index contributed by atoms with van der Waals surface area (Å²) in [5.41, 5.74) is 5.37. The van der Waals surface area contributed by atoms with Crippen LogP contribution in [0.3, 0.4) is 0 Å². The smallest absolute Gasteiger partial charge is 0.318 e. The van der Waals surface area contributed by atoms with Crippen molar-refractivity contribution in [3.63, 3.8) is 0 Å². The van der Waals surface area contributed by atoms with Gasteiger partial charge in [0.15, 0.2) is 0 Å². The zero-order valence-electron chi connectivity index (χ0n) is 8.36. The Kier molecular flexibility index (Phi) is 3.88. The number of piperidine rings is 1. The first-order valence-electron chi connectivity index (χ1n) is 4.77. The van der Waals surface area contributed by atoms with E-state index in [2.05, 4.69) is 4.74 Å². The van der Waals surface area contributed by atoms with E-state index in [4.69, 9.17) is 5.73 Å². The lowest BCUT2D eigenvalue weighted by molar-refractivity contribution is -0.156. The van der Waals surface area contributed by atoms with E-state index in [1.54, 1.807) is 4.90 Å². The topological polar surface area (TPSA) is 72.6 Å². The second-order valence-electron chi connectivity index (χ2n) is 3.33. The highest BCUT2D eigenvalue weighted by Crippen LogP contribution is 2.18. The van der Waals surface area contributed by atoms with Crippen LogP contribution in [0.25, 0.3) is 0 Å². The second kappa shape index (κ2) is 4.95. The first kappa shape index (κ1) is 11.0. The van der Waals surface area contributed by atoms with Gasteiger partial charge in [-0.3, -0.25) is 9.59 Å². The molecule has 1 fully saturated rings. The molecule has 14 heavy (non-hydrogen) atoms. The number of hydrogen-bond donors (Lipinski definition) is 1. The summed E-state index contributed by atoms with van der Waals surface area (Å²) in [5, 5.41) is 0. The van der Waals surface area contributed by atoms with Gasteiger partial charge >= 0.3 is 5.97 Å². The van der Waals surface area contributed by atoms with E-state index >= 15 is 0 Å². The van der Waals surface area contributed by atoms with Gasteiger partial charge in [-0.2, -0.15) is 0 Å². The number of amides is 1. The Labute approximate surface area is 83.2 Å². The van der Waals surface area contributed by atoms with Crippen molar-refractivity contribution in [3.8, 4) is 0 Å². The summed E-state index contributed by atoms with van der Waals surface area (Å²) in [5.74, 6) is -1.19. The molecule has 1 rings (SSSR count). The number of carbonyl (C=O) groups excluding carboxylic acids is 2. The highest BCUT2D eigenvalue weighted by Gasteiger charge is 2.34. The van der Waals surface area contributed by atoms with Gasteiger partial charge in [0.2, 0.25) is 5.91 Å². The van der Waals surface area contributed by atoms with Crippen LogP contribution in [0.15, 0.2) is 0 Å². The summed E-state index contributed by atoms with van der Waals surface area (Å²) in [6.07, 6.45) is 1.43. The molecule has 0 aromatic rings. The van der Waals surface area contributed by atoms with Crippen molar-refractivity contribution in [2.24, 2.45) is 11.7 Å². The standard InChI is InChI=1S/C9H16N2O3/c1-14-9(13)7-3-2-5-11(6-4-10)8(7)12/h7H,2-6,10H2,1H3. The molecular formula is C9H16N2O3. The van der Waals surface area contributed by atoms with Crippen LogP contribution in [0.4, 0.5) is 0 Å². The van der Waals surface area contributed by atoms with Crippen molar-refractivity contribution < 1.29 is 14.3 Å². The number of rotatable bonds is 3. The average Bonchev–Trinajstić information content (AvgIpc) is 2.20. The molecule has 0 aromatic carbocycles. The highest BCUT2D eigenvalue weighted by molar-refractivity contribution is 5.98. The summed E-state index contributed by atoms with van der Waals surface area (Å²) in [6.45, 7) is 1.65. The van der Waals surface area contributed by atoms with Crippen LogP contribution < -0.4 is 5.73 Å². The second-order valence-corrected chi connectivity index (χ2v) is 3.33. The minimum absolute atomic E-state index is 0.145. The Morgan fingerprint density at radius 3 is 3.00 bits per heavy atom. The third kappa shape index (κ3) is 2.23. The third-order valence-electron chi connectivity index (χ3n) is 2.42. The largest absolute Gasteiger partial charge is 0.468 e. The van der Waals surface area contributed by atoms with Gasteiger partial charge in [0.05, 0.1) is 7.11 Å². The van der Waals surface area contributed by atoms with Crippen molar-refractivity contribution in [1.29, 1.82) is 0 Å². The Hall–Kier alpha value is -1.10. The lowest BCUT2D eigenvalue weighted by Gasteiger charge is -2.30. The number of carbonyl (C=O) groups is 2. The lowest BCUT2D eigenvalue weighted by atomic mass is 9.97. The number of nitrogens with zero attached hydrogens (tertiary/aromatic N) is 1. The van der Waals surface area contributed by atoms with Crippen LogP contribution in [-0.2, 0) is 14.3 Å². The van der Waals surface area contributed by atoms with Crippen molar-refractivity contribution in [1.82, 2.24) is 4.90 Å². The maximum absolute atomic E-state index is 11.7. The molecule has 5 heteroatoms. The molecule has 5 nitrogen and oxygen atoms in total. The van der Waals surface area contributed by atoms with E-state index in [1.807, 2.05) is 0 Å². The normalized spacial score (nSPS) is 22.3. The van der Waals surface area contributed by atoms with Crippen molar-refractivity contribution in [2.75, 3.05) is 26.7 Å². The molecule has 0 bridgehead atoms. The van der Waals surface area contributed by atoms with Crippen LogP contribution in [0.2, 0.25) is 0 Å². The fourth-order valence-electron chi connectivity index (χ4n) is 1.68. The van der Waals surface area contributed by atoms with E-state index in [-0.39, 0.29) is 5.91 Å². The van der Waals surface area contributed by atoms with Crippen LogP contribution in [-0.4, -0.2) is 43.5 Å². The minimum atomic E-state index is -0.611. The van der Waals surface area contributed by atoms with Gasteiger partial charge in [-0.25, -0.2) is 0 Å². The number of esters is 1. The van der Waals surface area contributed by atoms with Gasteiger partial charge in [-0.05, 0) is 12.8 Å². The Balaban J connectivity index is 2.61. The molecule has 1 aliphatic heterocycles. The van der Waals surface area contributed by atoms with E-state index < -0.39 is 11.9 Å². The number of nitrogens with two attached hydrogens (primary N) is 1. The fraction of sp³-hybridized carbons (Fsp3) is 0.778. The molecule has 0 aromatic heterocycles. The number of ether oxygens (including phenoxy) is 1. The average molecular weight is 200 g/mol. The Morgan fingerprint density at radius 2 is 2.43 bits per heavy atom. The van der Waals surface area contributed by atoms with Gasteiger partial charge in [0.25, 0.3) is 0 Å². The molecule has 0 radical (unpaired) electrons. The predicted molar refractivity (Wildman–Crippen MR) is 50.4 cm³/mol. The maximum atomic E-state index is 11.7. The summed E-state index contributed by atoms with van der Waals surface area (Å²) in [7, 11) is 1.30. The minimum Gasteiger partial charge on any atom is -0.468 e. The van der Waals surface area contributed by atoms with Crippen molar-refractivity contribution >= 4 is 11.9 Å². The molecule has 1 saturated heterocycles. The molecule has 80 valence electrons. The molecule has 1 amide bonds. The maximum Gasteiger partial charge on any atom is 0.318 e. The number of hydrogen-bond acceptors (Lipinski definition) is 4. The predicted octanol–water partition coefficient (Wildman–Crippen LogP) is -0.643. The Morgan fingerprint density at radius 1 is 1.71 bits per heavy atom. The summed E-state index contributed by atoms with van der Waals surface area (Å²) in [4.78, 5) is 24.5. The molecule has 2 N–H and O–H groups in total. The molecular weight excluding hydrogens is 184 g/mol. The number of likely N-dealkylation sites (tertiary alicyclic amines) is 1. The zero-order chi connectivity index (χ0) is 10.6. The van der Waals surface area contributed by atoms with E-state index in [9.17, 15) is 9.59 Å². The van der Waals surface area contributed by atoms with Crippen LogP contribution >= 0.6 is 0 Å². The zero-order valence-corrected chi connectivity index (χ0v) is 8.36. The van der Waals surface area contributed by atoms with Gasteiger partial charge in [-0.15, -0.1) is 0 Å². The van der Waals surface area contributed by atoms with E-state index in [1.165, 1.54) is 7.11 Å². The van der Waals surface area contributed by atoms with Gasteiger partial charge in [0.1, 0.15) is 5.92 Å². The molecule has 1 heterocycles. The van der Waals surface area contributed by atoms with Crippen LogP contribution in [0.1, 0.15) is 12.8 Å². The quantitative estimate of drug-likeness (QED) is 0.485. The van der Waals surface area contributed by atoms with Crippen molar-refractivity contribution in [2.45, 2.75) is 12.8 Å². The SMILES string of the molecule is COC(=O)C1CCCN(CCN)C1=O. The molecule has 0 saturated carbocycles. The summed E-state index contributed by atoms with van der Waals surface area (Å²) in [6, 6.07) is 0. The van der Waals surface area contributed by atoms with Gasteiger partial charge < -0.3 is 15.4 Å².